The molecule has 2 fully saturated rings. The zero-order chi connectivity index (χ0) is 16.6. The largest absolute Gasteiger partial charge is 0.379 e. The Morgan fingerprint density at radius 1 is 1.26 bits per heavy atom. The molecule has 0 aliphatic carbocycles. The Morgan fingerprint density at radius 3 is 2.57 bits per heavy atom. The number of carbonyl (C=O) groups excluding carboxylic acids is 1. The molecule has 2 atom stereocenters. The van der Waals surface area contributed by atoms with E-state index in [9.17, 15) is 4.79 Å². The number of hydrogen-bond donors (Lipinski definition) is 0. The molecule has 0 unspecified atom stereocenters. The fourth-order valence-electron chi connectivity index (χ4n) is 3.96. The molecule has 3 rings (SSSR count). The van der Waals surface area contributed by atoms with E-state index in [-0.39, 0.29) is 18.0 Å². The lowest BCUT2D eigenvalue weighted by molar-refractivity contribution is -0.139. The van der Waals surface area contributed by atoms with Gasteiger partial charge in [0.2, 0.25) is 5.91 Å². The molecule has 2 saturated heterocycles. The number of rotatable bonds is 3. The summed E-state index contributed by atoms with van der Waals surface area (Å²) < 4.78 is 7.33. The lowest BCUT2D eigenvalue weighted by atomic mass is 10.0. The van der Waals surface area contributed by atoms with Gasteiger partial charge in [0.15, 0.2) is 0 Å². The number of likely N-dealkylation sites (tertiary alicyclic amines) is 1. The maximum absolute atomic E-state index is 13.1. The van der Waals surface area contributed by atoms with Crippen LogP contribution in [0.2, 0.25) is 0 Å². The average Bonchev–Trinajstić information content (AvgIpc) is 3.12. The topological polar surface area (TPSA) is 50.6 Å². The molecule has 0 spiro atoms. The molecule has 2 aliphatic heterocycles. The first-order chi connectivity index (χ1) is 11.0. The van der Waals surface area contributed by atoms with Crippen LogP contribution in [0.5, 0.6) is 0 Å². The number of carbonyl (C=O) groups is 1. The van der Waals surface area contributed by atoms with E-state index in [4.69, 9.17) is 4.74 Å². The molecule has 1 aromatic rings. The smallest absolute Gasteiger partial charge is 0.240 e. The molecule has 128 valence electrons. The van der Waals surface area contributed by atoms with E-state index in [2.05, 4.69) is 28.7 Å². The number of nitrogens with zero attached hydrogens (tertiary/aromatic N) is 4. The van der Waals surface area contributed by atoms with Crippen LogP contribution < -0.4 is 0 Å². The highest BCUT2D eigenvalue weighted by Gasteiger charge is 2.37. The number of aromatic nitrogens is 2. The summed E-state index contributed by atoms with van der Waals surface area (Å²) in [7, 11) is 1.98. The minimum atomic E-state index is -0.0724. The number of hydrogen-bond acceptors (Lipinski definition) is 4. The maximum atomic E-state index is 13.1. The second-order valence-corrected chi connectivity index (χ2v) is 6.72. The quantitative estimate of drug-likeness (QED) is 0.845. The second kappa shape index (κ2) is 6.61. The molecule has 3 heterocycles. The number of morpholine rings is 1. The number of ether oxygens (including phenoxy) is 1. The van der Waals surface area contributed by atoms with Gasteiger partial charge in [-0.25, -0.2) is 0 Å². The van der Waals surface area contributed by atoms with E-state index in [0.29, 0.717) is 0 Å². The van der Waals surface area contributed by atoms with Gasteiger partial charge in [0.25, 0.3) is 0 Å². The van der Waals surface area contributed by atoms with Crippen molar-refractivity contribution in [2.45, 2.75) is 45.7 Å². The van der Waals surface area contributed by atoms with Crippen LogP contribution in [0.3, 0.4) is 0 Å². The molecule has 0 aromatic carbocycles. The fourth-order valence-corrected chi connectivity index (χ4v) is 3.96. The zero-order valence-corrected chi connectivity index (χ0v) is 14.7. The number of aryl methyl sites for hydroxylation is 2. The zero-order valence-electron chi connectivity index (χ0n) is 14.7. The van der Waals surface area contributed by atoms with Gasteiger partial charge in [-0.1, -0.05) is 0 Å². The van der Waals surface area contributed by atoms with Crippen molar-refractivity contribution in [3.63, 3.8) is 0 Å². The second-order valence-electron chi connectivity index (χ2n) is 6.72. The molecule has 0 bridgehead atoms. The molecule has 6 heteroatoms. The van der Waals surface area contributed by atoms with Crippen LogP contribution in [0.4, 0.5) is 0 Å². The van der Waals surface area contributed by atoms with Gasteiger partial charge in [0, 0.05) is 37.9 Å². The molecular formula is C17H28N4O2. The van der Waals surface area contributed by atoms with E-state index in [0.717, 1.165) is 51.4 Å². The van der Waals surface area contributed by atoms with Crippen LogP contribution in [0.25, 0.3) is 0 Å². The van der Waals surface area contributed by atoms with Crippen LogP contribution in [0, 0.1) is 13.8 Å². The summed E-state index contributed by atoms with van der Waals surface area (Å²) >= 11 is 0. The van der Waals surface area contributed by atoms with Gasteiger partial charge in [-0.05, 0) is 33.6 Å². The fraction of sp³-hybridized carbons (Fsp3) is 0.765. The number of amides is 1. The molecule has 6 nitrogen and oxygen atoms in total. The Bertz CT molecular complexity index is 577. The van der Waals surface area contributed by atoms with Gasteiger partial charge in [-0.15, -0.1) is 0 Å². The first-order valence-electron chi connectivity index (χ1n) is 8.63. The van der Waals surface area contributed by atoms with Gasteiger partial charge in [0.1, 0.15) is 0 Å². The highest BCUT2D eigenvalue weighted by atomic mass is 16.5. The van der Waals surface area contributed by atoms with Crippen molar-refractivity contribution in [3.05, 3.63) is 17.0 Å². The van der Waals surface area contributed by atoms with Crippen molar-refractivity contribution < 1.29 is 9.53 Å². The molecular weight excluding hydrogens is 292 g/mol. The van der Waals surface area contributed by atoms with Crippen LogP contribution in [0.1, 0.15) is 42.8 Å². The van der Waals surface area contributed by atoms with Crippen molar-refractivity contribution in [2.24, 2.45) is 7.05 Å². The van der Waals surface area contributed by atoms with Gasteiger partial charge < -0.3 is 9.64 Å². The lowest BCUT2D eigenvalue weighted by Gasteiger charge is -2.35. The van der Waals surface area contributed by atoms with Crippen LogP contribution in [-0.4, -0.2) is 64.4 Å². The Hall–Kier alpha value is -1.40. The molecule has 0 radical (unpaired) electrons. The standard InChI is InChI=1S/C17H28N4O2/c1-12-16(13(2)19(4)18-12)15-6-5-7-21(15)17(22)14(3)20-8-10-23-11-9-20/h14-15H,5-11H2,1-4H3/t14-,15-/m1/s1. The third-order valence-corrected chi connectivity index (χ3v) is 5.38. The predicted octanol–water partition coefficient (Wildman–Crippen LogP) is 1.42. The van der Waals surface area contributed by atoms with Gasteiger partial charge in [-0.3, -0.25) is 14.4 Å². The van der Waals surface area contributed by atoms with Crippen molar-refractivity contribution in [2.75, 3.05) is 32.8 Å². The summed E-state index contributed by atoms with van der Waals surface area (Å²) in [5.41, 5.74) is 3.47. The predicted molar refractivity (Wildman–Crippen MR) is 88.2 cm³/mol. The highest BCUT2D eigenvalue weighted by Crippen LogP contribution is 2.36. The van der Waals surface area contributed by atoms with Crippen LogP contribution >= 0.6 is 0 Å². The third-order valence-electron chi connectivity index (χ3n) is 5.38. The summed E-state index contributed by atoms with van der Waals surface area (Å²) in [5.74, 6) is 0.247. The van der Waals surface area contributed by atoms with E-state index in [1.807, 2.05) is 18.7 Å². The molecule has 1 aromatic heterocycles. The molecule has 2 aliphatic rings. The van der Waals surface area contributed by atoms with Crippen molar-refractivity contribution >= 4 is 5.91 Å². The maximum Gasteiger partial charge on any atom is 0.240 e. The molecule has 1 amide bonds. The Kier molecular flexibility index (Phi) is 4.73. The Morgan fingerprint density at radius 2 is 1.96 bits per heavy atom. The average molecular weight is 320 g/mol. The summed E-state index contributed by atoms with van der Waals surface area (Å²) in [4.78, 5) is 17.4. The van der Waals surface area contributed by atoms with E-state index in [1.54, 1.807) is 0 Å². The van der Waals surface area contributed by atoms with Gasteiger partial charge in [-0.2, -0.15) is 5.10 Å². The van der Waals surface area contributed by atoms with Gasteiger partial charge >= 0.3 is 0 Å². The SMILES string of the molecule is Cc1nn(C)c(C)c1[C@H]1CCCN1C(=O)[C@@H](C)N1CCOCC1. The minimum Gasteiger partial charge on any atom is -0.379 e. The van der Waals surface area contributed by atoms with E-state index < -0.39 is 0 Å². The summed E-state index contributed by atoms with van der Waals surface area (Å²) in [6.07, 6.45) is 2.11. The third kappa shape index (κ3) is 3.02. The van der Waals surface area contributed by atoms with E-state index >= 15 is 0 Å². The van der Waals surface area contributed by atoms with Crippen LogP contribution in [-0.2, 0) is 16.6 Å². The van der Waals surface area contributed by atoms with Crippen molar-refractivity contribution in [3.8, 4) is 0 Å². The molecule has 0 saturated carbocycles. The van der Waals surface area contributed by atoms with Crippen molar-refractivity contribution in [1.82, 2.24) is 19.6 Å². The van der Waals surface area contributed by atoms with Gasteiger partial charge in [0.05, 0.1) is 31.0 Å². The summed E-state index contributed by atoms with van der Waals surface area (Å²) in [6.45, 7) is 10.2. The first-order valence-corrected chi connectivity index (χ1v) is 8.63. The lowest BCUT2D eigenvalue weighted by Crippen LogP contribution is -2.50. The summed E-state index contributed by atoms with van der Waals surface area (Å²) in [5, 5.41) is 4.54. The monoisotopic (exact) mass is 320 g/mol. The summed E-state index contributed by atoms with van der Waals surface area (Å²) in [6, 6.07) is 0.108. The van der Waals surface area contributed by atoms with Crippen LogP contribution in [0.15, 0.2) is 0 Å². The molecule has 23 heavy (non-hydrogen) atoms. The molecule has 0 N–H and O–H groups in total. The normalized spacial score (nSPS) is 24.2. The Labute approximate surface area is 138 Å². The Balaban J connectivity index is 1.79. The van der Waals surface area contributed by atoms with E-state index in [1.165, 1.54) is 11.3 Å². The first kappa shape index (κ1) is 16.5. The minimum absolute atomic E-state index is 0.0724. The highest BCUT2D eigenvalue weighted by molar-refractivity contribution is 5.82. The van der Waals surface area contributed by atoms with Crippen molar-refractivity contribution in [1.29, 1.82) is 0 Å².